The van der Waals surface area contributed by atoms with E-state index in [1.54, 1.807) is 0 Å². The van der Waals surface area contributed by atoms with Crippen molar-refractivity contribution in [1.82, 2.24) is 4.90 Å². The molecule has 1 rings (SSSR count). The minimum absolute atomic E-state index is 0.180. The molecule has 0 saturated heterocycles. The van der Waals surface area contributed by atoms with E-state index in [0.29, 0.717) is 19.0 Å². The maximum absolute atomic E-state index is 11.2. The highest BCUT2D eigenvalue weighted by Gasteiger charge is 2.18. The highest BCUT2D eigenvalue weighted by Crippen LogP contribution is 2.21. The lowest BCUT2D eigenvalue weighted by molar-refractivity contribution is 0.239. The van der Waals surface area contributed by atoms with E-state index in [1.165, 1.54) is 11.8 Å². The van der Waals surface area contributed by atoms with Gasteiger partial charge >= 0.3 is 0 Å². The minimum atomic E-state index is -2.92. The van der Waals surface area contributed by atoms with Crippen LogP contribution < -0.4 is 5.73 Å². The molecule has 2 atom stereocenters. The topological polar surface area (TPSA) is 63.4 Å². The Balaban J connectivity index is 2.58. The molecule has 0 spiro atoms. The van der Waals surface area contributed by atoms with E-state index in [1.807, 2.05) is 25.2 Å². The predicted molar refractivity (Wildman–Crippen MR) is 84.7 cm³/mol. The van der Waals surface area contributed by atoms with Gasteiger partial charge in [-0.3, -0.25) is 0 Å². The van der Waals surface area contributed by atoms with Crippen LogP contribution in [0.2, 0.25) is 0 Å². The van der Waals surface area contributed by atoms with Crippen molar-refractivity contribution < 1.29 is 8.42 Å². The first kappa shape index (κ1) is 17.1. The summed E-state index contributed by atoms with van der Waals surface area (Å²) in [4.78, 5) is 2.06. The molecule has 0 fully saturated rings. The van der Waals surface area contributed by atoms with Crippen molar-refractivity contribution in [3.8, 4) is 0 Å². The Morgan fingerprint density at radius 2 is 1.85 bits per heavy atom. The molecule has 0 aliphatic carbocycles. The lowest BCUT2D eigenvalue weighted by atomic mass is 9.93. The Kier molecular flexibility index (Phi) is 6.65. The molecule has 20 heavy (non-hydrogen) atoms. The number of hydrogen-bond donors (Lipinski definition) is 1. The monoisotopic (exact) mass is 298 g/mol. The molecule has 1 aromatic carbocycles. The van der Waals surface area contributed by atoms with Crippen LogP contribution in [0.1, 0.15) is 24.8 Å². The van der Waals surface area contributed by atoms with Crippen molar-refractivity contribution in [3.05, 3.63) is 35.9 Å². The highest BCUT2D eigenvalue weighted by molar-refractivity contribution is 7.90. The van der Waals surface area contributed by atoms with Gasteiger partial charge in [-0.1, -0.05) is 37.3 Å². The molecular formula is C15H26N2O2S. The van der Waals surface area contributed by atoms with E-state index in [2.05, 4.69) is 24.0 Å². The van der Waals surface area contributed by atoms with Gasteiger partial charge in [0.05, 0.1) is 5.75 Å². The molecular weight excluding hydrogens is 272 g/mol. The zero-order valence-corrected chi connectivity index (χ0v) is 13.4. The second kappa shape index (κ2) is 7.76. The number of hydrogen-bond acceptors (Lipinski definition) is 4. The Bertz CT molecular complexity index is 488. The summed E-state index contributed by atoms with van der Waals surface area (Å²) < 4.78 is 22.5. The van der Waals surface area contributed by atoms with Crippen LogP contribution >= 0.6 is 0 Å². The van der Waals surface area contributed by atoms with Crippen LogP contribution in [0.5, 0.6) is 0 Å². The first-order chi connectivity index (χ1) is 9.33. The van der Waals surface area contributed by atoms with Gasteiger partial charge in [0.15, 0.2) is 0 Å². The van der Waals surface area contributed by atoms with E-state index >= 15 is 0 Å². The Morgan fingerprint density at radius 1 is 1.25 bits per heavy atom. The fourth-order valence-electron chi connectivity index (χ4n) is 2.27. The highest BCUT2D eigenvalue weighted by atomic mass is 32.2. The largest absolute Gasteiger partial charge is 0.329 e. The Hall–Kier alpha value is -0.910. The van der Waals surface area contributed by atoms with E-state index in [4.69, 9.17) is 5.73 Å². The van der Waals surface area contributed by atoms with Crippen molar-refractivity contribution >= 4 is 9.84 Å². The standard InChI is InChI=1S/C15H26N2O2S/c1-13(14-7-5-4-6-8-14)11-15(12-16)17(2)9-10-20(3,18)19/h4-8,13,15H,9-12,16H2,1-3H3. The first-order valence-corrected chi connectivity index (χ1v) is 9.02. The summed E-state index contributed by atoms with van der Waals surface area (Å²) in [5.74, 6) is 0.588. The van der Waals surface area contributed by atoms with Crippen LogP contribution in [0.15, 0.2) is 30.3 Å². The SMILES string of the molecule is CC(CC(CN)N(C)CCS(C)(=O)=O)c1ccccc1. The fraction of sp³-hybridized carbons (Fsp3) is 0.600. The normalized spacial score (nSPS) is 15.2. The van der Waals surface area contributed by atoms with Crippen LogP contribution in [0.25, 0.3) is 0 Å². The summed E-state index contributed by atoms with van der Waals surface area (Å²) in [5, 5.41) is 0. The maximum atomic E-state index is 11.2. The van der Waals surface area contributed by atoms with Crippen molar-refractivity contribution in [2.75, 3.05) is 32.1 Å². The summed E-state index contributed by atoms with van der Waals surface area (Å²) in [7, 11) is -0.979. The molecule has 5 heteroatoms. The molecule has 0 aromatic heterocycles. The first-order valence-electron chi connectivity index (χ1n) is 6.96. The summed E-state index contributed by atoms with van der Waals surface area (Å²) in [6, 6.07) is 10.5. The summed E-state index contributed by atoms with van der Waals surface area (Å²) >= 11 is 0. The van der Waals surface area contributed by atoms with Crippen molar-refractivity contribution in [2.45, 2.75) is 25.3 Å². The van der Waals surface area contributed by atoms with Gasteiger partial charge in [0.25, 0.3) is 0 Å². The van der Waals surface area contributed by atoms with Gasteiger partial charge in [0.2, 0.25) is 0 Å². The average molecular weight is 298 g/mol. The fourth-order valence-corrected chi connectivity index (χ4v) is 2.89. The van der Waals surface area contributed by atoms with Gasteiger partial charge in [-0.15, -0.1) is 0 Å². The van der Waals surface area contributed by atoms with Crippen LogP contribution in [0.3, 0.4) is 0 Å². The van der Waals surface area contributed by atoms with Crippen molar-refractivity contribution in [2.24, 2.45) is 5.73 Å². The third kappa shape index (κ3) is 6.03. The van der Waals surface area contributed by atoms with Gasteiger partial charge < -0.3 is 10.6 Å². The molecule has 0 aliphatic rings. The molecule has 1 aromatic rings. The average Bonchev–Trinajstić information content (AvgIpc) is 2.42. The minimum Gasteiger partial charge on any atom is -0.329 e. The second-order valence-corrected chi connectivity index (χ2v) is 7.81. The van der Waals surface area contributed by atoms with Gasteiger partial charge in [-0.25, -0.2) is 8.42 Å². The van der Waals surface area contributed by atoms with Crippen molar-refractivity contribution in [1.29, 1.82) is 0 Å². The zero-order chi connectivity index (χ0) is 15.2. The molecule has 0 amide bonds. The third-order valence-corrected chi connectivity index (χ3v) is 4.63. The van der Waals surface area contributed by atoms with Crippen LogP contribution in [-0.4, -0.2) is 51.5 Å². The third-order valence-electron chi connectivity index (χ3n) is 3.70. The number of benzene rings is 1. The van der Waals surface area contributed by atoms with E-state index in [0.717, 1.165) is 6.42 Å². The Morgan fingerprint density at radius 3 is 2.35 bits per heavy atom. The molecule has 4 nitrogen and oxygen atoms in total. The zero-order valence-electron chi connectivity index (χ0n) is 12.6. The number of rotatable bonds is 8. The number of nitrogens with two attached hydrogens (primary N) is 1. The summed E-state index contributed by atoms with van der Waals surface area (Å²) in [6.45, 7) is 3.25. The van der Waals surface area contributed by atoms with E-state index in [-0.39, 0.29) is 11.8 Å². The predicted octanol–water partition coefficient (Wildman–Crippen LogP) is 1.48. The summed E-state index contributed by atoms with van der Waals surface area (Å²) in [6.07, 6.45) is 2.20. The molecule has 2 unspecified atom stereocenters. The number of nitrogens with zero attached hydrogens (tertiary/aromatic N) is 1. The quantitative estimate of drug-likeness (QED) is 0.789. The lowest BCUT2D eigenvalue weighted by Gasteiger charge is -2.29. The molecule has 0 bridgehead atoms. The molecule has 0 saturated carbocycles. The lowest BCUT2D eigenvalue weighted by Crippen LogP contribution is -2.41. The van der Waals surface area contributed by atoms with Crippen molar-refractivity contribution in [3.63, 3.8) is 0 Å². The molecule has 0 radical (unpaired) electrons. The molecule has 114 valence electrons. The molecule has 0 aliphatic heterocycles. The van der Waals surface area contributed by atoms with Gasteiger partial charge in [-0.2, -0.15) is 0 Å². The number of likely N-dealkylation sites (N-methyl/N-ethyl adjacent to an activating group) is 1. The second-order valence-electron chi connectivity index (χ2n) is 5.55. The number of sulfone groups is 1. The summed E-state index contributed by atoms with van der Waals surface area (Å²) in [5.41, 5.74) is 7.14. The van der Waals surface area contributed by atoms with E-state index < -0.39 is 9.84 Å². The Labute approximate surface area is 122 Å². The van der Waals surface area contributed by atoms with Crippen LogP contribution in [0, 0.1) is 0 Å². The van der Waals surface area contributed by atoms with E-state index in [9.17, 15) is 8.42 Å². The molecule has 2 N–H and O–H groups in total. The smallest absolute Gasteiger partial charge is 0.148 e. The van der Waals surface area contributed by atoms with Crippen LogP contribution in [-0.2, 0) is 9.84 Å². The van der Waals surface area contributed by atoms with Gasteiger partial charge in [0, 0.05) is 25.4 Å². The maximum Gasteiger partial charge on any atom is 0.148 e. The van der Waals surface area contributed by atoms with Gasteiger partial charge in [0.1, 0.15) is 9.84 Å². The molecule has 0 heterocycles. The van der Waals surface area contributed by atoms with Gasteiger partial charge in [-0.05, 0) is 24.9 Å². The van der Waals surface area contributed by atoms with Crippen LogP contribution in [0.4, 0.5) is 0 Å².